The van der Waals surface area contributed by atoms with E-state index in [2.05, 4.69) is 16.0 Å². The van der Waals surface area contributed by atoms with Crippen LogP contribution >= 0.6 is 0 Å². The summed E-state index contributed by atoms with van der Waals surface area (Å²) in [7, 11) is 4.08. The molecule has 4 aromatic carbocycles. The number of anilines is 3. The summed E-state index contributed by atoms with van der Waals surface area (Å²) in [4.78, 5) is 74.8. The van der Waals surface area contributed by atoms with Crippen LogP contribution in [0, 0.1) is 0 Å². The van der Waals surface area contributed by atoms with E-state index < -0.39 is 35.6 Å². The highest BCUT2D eigenvalue weighted by molar-refractivity contribution is 6.10. The van der Waals surface area contributed by atoms with Gasteiger partial charge >= 0.3 is 17.9 Å². The minimum atomic E-state index is -0.609. The SMILES string of the molecule is COCC(=O)Oc1ccc(NC(=O)c2cc(NC(=O)c3ccc(OC(=O)COC)cc3)cc(NC(=O)c3ccc(OC(=O)COC)cc3)c2)cc1. The predicted octanol–water partition coefficient (Wildman–Crippen LogP) is 4.10. The number of benzene rings is 4. The van der Waals surface area contributed by atoms with Crippen LogP contribution in [0.15, 0.2) is 91.0 Å². The molecule has 3 N–H and O–H groups in total. The van der Waals surface area contributed by atoms with E-state index in [1.807, 2.05) is 0 Å². The largest absolute Gasteiger partial charge is 0.425 e. The van der Waals surface area contributed by atoms with Gasteiger partial charge in [-0.25, -0.2) is 14.4 Å². The van der Waals surface area contributed by atoms with Gasteiger partial charge in [0.2, 0.25) is 0 Å². The van der Waals surface area contributed by atoms with Gasteiger partial charge in [0.1, 0.15) is 37.1 Å². The maximum absolute atomic E-state index is 13.4. The van der Waals surface area contributed by atoms with Crippen LogP contribution in [0.5, 0.6) is 17.2 Å². The van der Waals surface area contributed by atoms with Crippen LogP contribution in [0.2, 0.25) is 0 Å². The lowest BCUT2D eigenvalue weighted by Crippen LogP contribution is -2.17. The smallest absolute Gasteiger partial charge is 0.337 e. The van der Waals surface area contributed by atoms with E-state index in [4.69, 9.17) is 28.4 Å². The van der Waals surface area contributed by atoms with Crippen molar-refractivity contribution in [3.63, 3.8) is 0 Å². The molecule has 0 spiro atoms. The number of nitrogens with one attached hydrogen (secondary N) is 3. The first-order valence-corrected chi connectivity index (χ1v) is 15.0. The second-order valence-electron chi connectivity index (χ2n) is 10.5. The van der Waals surface area contributed by atoms with E-state index in [1.54, 1.807) is 0 Å². The van der Waals surface area contributed by atoms with Gasteiger partial charge in [-0.3, -0.25) is 14.4 Å². The van der Waals surface area contributed by atoms with Crippen molar-refractivity contribution in [3.8, 4) is 17.2 Å². The molecule has 0 fully saturated rings. The molecule has 0 saturated heterocycles. The van der Waals surface area contributed by atoms with Crippen molar-refractivity contribution >= 4 is 52.7 Å². The van der Waals surface area contributed by atoms with Crippen molar-refractivity contribution < 1.29 is 57.2 Å². The lowest BCUT2D eigenvalue weighted by Gasteiger charge is -2.13. The fourth-order valence-corrected chi connectivity index (χ4v) is 4.30. The molecule has 0 aliphatic carbocycles. The monoisotopic (exact) mass is 699 g/mol. The van der Waals surface area contributed by atoms with Gasteiger partial charge in [-0.2, -0.15) is 0 Å². The van der Waals surface area contributed by atoms with Crippen molar-refractivity contribution in [1.29, 1.82) is 0 Å². The highest BCUT2D eigenvalue weighted by Crippen LogP contribution is 2.24. The zero-order chi connectivity index (χ0) is 36.8. The van der Waals surface area contributed by atoms with Gasteiger partial charge in [0.05, 0.1) is 0 Å². The van der Waals surface area contributed by atoms with E-state index in [0.717, 1.165) is 0 Å². The molecule has 4 aromatic rings. The fraction of sp³-hybridized carbons (Fsp3) is 0.167. The van der Waals surface area contributed by atoms with Crippen LogP contribution in [-0.4, -0.2) is 76.8 Å². The molecule has 0 heterocycles. The Kier molecular flexibility index (Phi) is 13.5. The summed E-state index contributed by atoms with van der Waals surface area (Å²) in [6.45, 7) is -0.706. The standard InChI is InChI=1S/C36H33N3O12/c1-46-19-31(40)49-28-10-4-22(5-11-28)34(43)38-26-16-24(36(45)37-25-8-14-30(15-9-25)51-33(42)21-48-3)17-27(18-26)39-35(44)23-6-12-29(13-7-23)50-32(41)20-47-2/h4-18H,19-21H2,1-3H3,(H,37,45)(H,38,43)(H,39,44). The number of carbonyl (C=O) groups is 6. The number of rotatable bonds is 15. The quantitative estimate of drug-likeness (QED) is 0.119. The molecule has 0 saturated carbocycles. The molecule has 0 bridgehead atoms. The summed E-state index contributed by atoms with van der Waals surface area (Å²) < 4.78 is 29.6. The number of amides is 3. The molecule has 0 atom stereocenters. The average Bonchev–Trinajstić information content (AvgIpc) is 3.10. The molecule has 264 valence electrons. The Morgan fingerprint density at radius 2 is 0.725 bits per heavy atom. The molecular weight excluding hydrogens is 666 g/mol. The third kappa shape index (κ3) is 11.6. The van der Waals surface area contributed by atoms with Crippen LogP contribution in [0.1, 0.15) is 31.1 Å². The minimum absolute atomic E-state index is 0.0690. The summed E-state index contributed by atoms with van der Waals surface area (Å²) in [6.07, 6.45) is 0. The second-order valence-corrected chi connectivity index (χ2v) is 10.5. The predicted molar refractivity (Wildman–Crippen MR) is 182 cm³/mol. The van der Waals surface area contributed by atoms with Crippen LogP contribution in [-0.2, 0) is 28.6 Å². The molecule has 0 aliphatic heterocycles. The third-order valence-electron chi connectivity index (χ3n) is 6.54. The fourth-order valence-electron chi connectivity index (χ4n) is 4.30. The highest BCUT2D eigenvalue weighted by atomic mass is 16.6. The normalized spacial score (nSPS) is 10.4. The van der Waals surface area contributed by atoms with Crippen molar-refractivity contribution in [2.45, 2.75) is 0 Å². The first-order valence-electron chi connectivity index (χ1n) is 15.0. The lowest BCUT2D eigenvalue weighted by atomic mass is 10.1. The molecule has 51 heavy (non-hydrogen) atoms. The summed E-state index contributed by atoms with van der Waals surface area (Å²) in [5.74, 6) is -2.86. The Bertz CT molecular complexity index is 1780. The van der Waals surface area contributed by atoms with Gasteiger partial charge in [0.15, 0.2) is 0 Å². The first kappa shape index (κ1) is 37.4. The van der Waals surface area contributed by atoms with Crippen molar-refractivity contribution in [1.82, 2.24) is 0 Å². The number of hydrogen-bond acceptors (Lipinski definition) is 12. The van der Waals surface area contributed by atoms with Crippen LogP contribution in [0.25, 0.3) is 0 Å². The zero-order valence-corrected chi connectivity index (χ0v) is 27.7. The first-order chi connectivity index (χ1) is 24.6. The third-order valence-corrected chi connectivity index (χ3v) is 6.54. The molecule has 4 rings (SSSR count). The number of ether oxygens (including phenoxy) is 6. The van der Waals surface area contributed by atoms with Crippen molar-refractivity contribution in [3.05, 3.63) is 108 Å². The summed E-state index contributed by atoms with van der Waals surface area (Å²) in [5, 5.41) is 8.14. The molecule has 15 heteroatoms. The maximum Gasteiger partial charge on any atom is 0.337 e. The topological polar surface area (TPSA) is 194 Å². The minimum Gasteiger partial charge on any atom is -0.425 e. The molecule has 0 aliphatic rings. The number of methoxy groups -OCH3 is 3. The van der Waals surface area contributed by atoms with E-state index in [0.29, 0.717) is 5.69 Å². The average molecular weight is 700 g/mol. The summed E-state index contributed by atoms with van der Waals surface area (Å²) >= 11 is 0. The van der Waals surface area contributed by atoms with E-state index >= 15 is 0 Å². The Morgan fingerprint density at radius 1 is 0.412 bits per heavy atom. The summed E-state index contributed by atoms with van der Waals surface area (Å²) in [5.41, 5.74) is 1.18. The van der Waals surface area contributed by atoms with Gasteiger partial charge in [-0.1, -0.05) is 0 Å². The van der Waals surface area contributed by atoms with Gasteiger partial charge < -0.3 is 44.4 Å². The molecule has 15 nitrogen and oxygen atoms in total. The van der Waals surface area contributed by atoms with Gasteiger partial charge in [0, 0.05) is 55.1 Å². The Labute approximate surface area is 291 Å². The van der Waals surface area contributed by atoms with Crippen molar-refractivity contribution in [2.75, 3.05) is 57.1 Å². The van der Waals surface area contributed by atoms with Crippen LogP contribution in [0.3, 0.4) is 0 Å². The van der Waals surface area contributed by atoms with E-state index in [1.165, 1.54) is 112 Å². The van der Waals surface area contributed by atoms with Gasteiger partial charge in [0.25, 0.3) is 17.7 Å². The van der Waals surface area contributed by atoms with Crippen LogP contribution < -0.4 is 30.2 Å². The lowest BCUT2D eigenvalue weighted by molar-refractivity contribution is -0.139. The van der Waals surface area contributed by atoms with E-state index in [-0.39, 0.29) is 65.1 Å². The maximum atomic E-state index is 13.4. The zero-order valence-electron chi connectivity index (χ0n) is 27.7. The van der Waals surface area contributed by atoms with Gasteiger partial charge in [-0.15, -0.1) is 0 Å². The molecular formula is C36H33N3O12. The molecule has 0 radical (unpaired) electrons. The number of carbonyl (C=O) groups excluding carboxylic acids is 6. The highest BCUT2D eigenvalue weighted by Gasteiger charge is 2.16. The van der Waals surface area contributed by atoms with E-state index in [9.17, 15) is 28.8 Å². The Morgan fingerprint density at radius 3 is 1.08 bits per heavy atom. The van der Waals surface area contributed by atoms with Crippen LogP contribution in [0.4, 0.5) is 17.1 Å². The Balaban J connectivity index is 1.54. The Hall–Kier alpha value is -6.42. The summed E-state index contributed by atoms with van der Waals surface area (Å²) in [6, 6.07) is 21.8. The molecule has 0 aromatic heterocycles. The van der Waals surface area contributed by atoms with Crippen molar-refractivity contribution in [2.24, 2.45) is 0 Å². The second kappa shape index (κ2) is 18.4. The van der Waals surface area contributed by atoms with Gasteiger partial charge in [-0.05, 0) is 91.0 Å². The molecule has 0 unspecified atom stereocenters. The molecule has 3 amide bonds. The number of hydrogen-bond donors (Lipinski definition) is 3. The number of esters is 3.